The fraction of sp³-hybridized carbons (Fsp3) is 0.643. The summed E-state index contributed by atoms with van der Waals surface area (Å²) in [5.41, 5.74) is 0.617. The summed E-state index contributed by atoms with van der Waals surface area (Å²) < 4.78 is 25.4. The zero-order valence-electron chi connectivity index (χ0n) is 12.3. The number of hydrogen-bond acceptors (Lipinski definition) is 3. The minimum Gasteiger partial charge on any atom is -0.399 e. The van der Waals surface area contributed by atoms with Gasteiger partial charge in [-0.2, -0.15) is 4.39 Å². The molecule has 0 spiro atoms. The lowest BCUT2D eigenvalue weighted by molar-refractivity contribution is 0.00578. The minimum atomic E-state index is -0.530. The third-order valence-corrected chi connectivity index (χ3v) is 3.90. The Balaban J connectivity index is 2.29. The normalized spacial score (nSPS) is 20.8. The summed E-state index contributed by atoms with van der Waals surface area (Å²) in [6, 6.07) is 3.26. The van der Waals surface area contributed by atoms with Crippen LogP contribution in [-0.4, -0.2) is 23.3 Å². The van der Waals surface area contributed by atoms with Crippen LogP contribution in [0.1, 0.15) is 46.7 Å². The van der Waals surface area contributed by atoms with Crippen LogP contribution >= 0.6 is 0 Å². The van der Waals surface area contributed by atoms with Crippen molar-refractivity contribution in [2.45, 2.75) is 58.7 Å². The first-order valence-electron chi connectivity index (χ1n) is 6.77. The second-order valence-electron chi connectivity index (χ2n) is 6.05. The minimum absolute atomic E-state index is 0.414. The molecule has 1 fully saturated rings. The highest BCUT2D eigenvalue weighted by atomic mass is 19.1. The van der Waals surface area contributed by atoms with Crippen LogP contribution in [0, 0.1) is 5.95 Å². The zero-order valence-corrected chi connectivity index (χ0v) is 12.3. The summed E-state index contributed by atoms with van der Waals surface area (Å²) in [7, 11) is -0.530. The molecule has 1 saturated heterocycles. The van der Waals surface area contributed by atoms with Gasteiger partial charge in [0.25, 0.3) is 0 Å². The van der Waals surface area contributed by atoms with Crippen LogP contribution in [-0.2, 0) is 15.7 Å². The van der Waals surface area contributed by atoms with Crippen molar-refractivity contribution in [2.75, 3.05) is 0 Å². The molecule has 5 heteroatoms. The summed E-state index contributed by atoms with van der Waals surface area (Å²) in [6.45, 7) is 9.98. The average Bonchev–Trinajstić information content (AvgIpc) is 2.48. The third kappa shape index (κ3) is 2.82. The monoisotopic (exact) mass is 265 g/mol. The second kappa shape index (κ2) is 4.87. The standard InChI is InChI=1S/C14H21BFNO2/c1-6-7-11-8-10(9-12(16)17-11)15-18-13(2,3)14(4,5)19-15/h8-9H,6-7H2,1-5H3. The van der Waals surface area contributed by atoms with Crippen LogP contribution in [0.15, 0.2) is 12.1 Å². The lowest BCUT2D eigenvalue weighted by atomic mass is 9.79. The molecule has 0 unspecified atom stereocenters. The van der Waals surface area contributed by atoms with Gasteiger partial charge in [-0.05, 0) is 51.7 Å². The molecule has 0 aromatic carbocycles. The number of halogens is 1. The van der Waals surface area contributed by atoms with Gasteiger partial charge in [0.05, 0.1) is 11.2 Å². The largest absolute Gasteiger partial charge is 0.495 e. The Hall–Kier alpha value is -0.935. The maximum absolute atomic E-state index is 13.6. The van der Waals surface area contributed by atoms with Gasteiger partial charge >= 0.3 is 7.12 Å². The Morgan fingerprint density at radius 1 is 1.16 bits per heavy atom. The van der Waals surface area contributed by atoms with Gasteiger partial charge in [-0.25, -0.2) is 4.98 Å². The fourth-order valence-electron chi connectivity index (χ4n) is 2.07. The van der Waals surface area contributed by atoms with E-state index in [1.54, 1.807) is 0 Å². The fourth-order valence-corrected chi connectivity index (χ4v) is 2.07. The molecular formula is C14H21BFNO2. The molecule has 104 valence electrons. The van der Waals surface area contributed by atoms with Crippen LogP contribution in [0.25, 0.3) is 0 Å². The third-order valence-electron chi connectivity index (χ3n) is 3.90. The van der Waals surface area contributed by atoms with Crippen molar-refractivity contribution in [2.24, 2.45) is 0 Å². The predicted molar refractivity (Wildman–Crippen MR) is 73.9 cm³/mol. The van der Waals surface area contributed by atoms with Crippen molar-refractivity contribution in [3.05, 3.63) is 23.8 Å². The number of hydrogen-bond donors (Lipinski definition) is 0. The van der Waals surface area contributed by atoms with Gasteiger partial charge in [0.15, 0.2) is 0 Å². The molecule has 2 heterocycles. The van der Waals surface area contributed by atoms with E-state index in [1.807, 2.05) is 40.7 Å². The van der Waals surface area contributed by atoms with E-state index in [9.17, 15) is 4.39 Å². The van der Waals surface area contributed by atoms with Crippen LogP contribution in [0.3, 0.4) is 0 Å². The molecule has 0 atom stereocenters. The Labute approximate surface area is 114 Å². The zero-order chi connectivity index (χ0) is 14.3. The maximum Gasteiger partial charge on any atom is 0.495 e. The van der Waals surface area contributed by atoms with E-state index < -0.39 is 24.3 Å². The first-order chi connectivity index (χ1) is 8.75. The molecule has 19 heavy (non-hydrogen) atoms. The van der Waals surface area contributed by atoms with Crippen LogP contribution in [0.5, 0.6) is 0 Å². The molecule has 1 aliphatic heterocycles. The van der Waals surface area contributed by atoms with Crippen molar-refractivity contribution in [3.63, 3.8) is 0 Å². The van der Waals surface area contributed by atoms with Gasteiger partial charge in [0.2, 0.25) is 5.95 Å². The molecule has 3 nitrogen and oxygen atoms in total. The van der Waals surface area contributed by atoms with Crippen LogP contribution in [0.4, 0.5) is 4.39 Å². The first kappa shape index (κ1) is 14.5. The molecular weight excluding hydrogens is 244 g/mol. The molecule has 0 N–H and O–H groups in total. The SMILES string of the molecule is CCCc1cc(B2OC(C)(C)C(C)(C)O2)cc(F)n1. The van der Waals surface area contributed by atoms with E-state index >= 15 is 0 Å². The molecule has 0 aliphatic carbocycles. The molecule has 0 saturated carbocycles. The first-order valence-corrected chi connectivity index (χ1v) is 6.77. The van der Waals surface area contributed by atoms with E-state index in [2.05, 4.69) is 4.98 Å². The second-order valence-corrected chi connectivity index (χ2v) is 6.05. The number of pyridine rings is 1. The maximum atomic E-state index is 13.6. The van der Waals surface area contributed by atoms with Crippen molar-refractivity contribution < 1.29 is 13.7 Å². The predicted octanol–water partition coefficient (Wildman–Crippen LogP) is 2.47. The summed E-state index contributed by atoms with van der Waals surface area (Å²) in [5, 5.41) is 0. The lowest BCUT2D eigenvalue weighted by Crippen LogP contribution is -2.41. The Kier molecular flexibility index (Phi) is 3.71. The number of aryl methyl sites for hydroxylation is 1. The van der Waals surface area contributed by atoms with E-state index in [0.717, 1.165) is 18.5 Å². The molecule has 0 bridgehead atoms. The van der Waals surface area contributed by atoms with Gasteiger partial charge in [0.1, 0.15) is 0 Å². The Morgan fingerprint density at radius 3 is 2.26 bits per heavy atom. The summed E-state index contributed by atoms with van der Waals surface area (Å²) in [5.74, 6) is -0.476. The molecule has 0 amide bonds. The average molecular weight is 265 g/mol. The highest BCUT2D eigenvalue weighted by Gasteiger charge is 2.51. The summed E-state index contributed by atoms with van der Waals surface area (Å²) in [6.07, 6.45) is 1.68. The van der Waals surface area contributed by atoms with Gasteiger partial charge in [-0.1, -0.05) is 13.3 Å². The van der Waals surface area contributed by atoms with E-state index in [0.29, 0.717) is 5.46 Å². The molecule has 2 rings (SSSR count). The molecule has 1 aliphatic rings. The summed E-state index contributed by atoms with van der Waals surface area (Å²) >= 11 is 0. The van der Waals surface area contributed by atoms with Crippen molar-refractivity contribution in [1.29, 1.82) is 0 Å². The van der Waals surface area contributed by atoms with Gasteiger partial charge in [-0.15, -0.1) is 0 Å². The topological polar surface area (TPSA) is 31.4 Å². The van der Waals surface area contributed by atoms with E-state index in [1.165, 1.54) is 6.07 Å². The Morgan fingerprint density at radius 2 is 1.74 bits per heavy atom. The highest BCUT2D eigenvalue weighted by Crippen LogP contribution is 2.36. The highest BCUT2D eigenvalue weighted by molar-refractivity contribution is 6.62. The van der Waals surface area contributed by atoms with E-state index in [4.69, 9.17) is 9.31 Å². The van der Waals surface area contributed by atoms with Crippen molar-refractivity contribution >= 4 is 12.6 Å². The smallest absolute Gasteiger partial charge is 0.399 e. The summed E-state index contributed by atoms with van der Waals surface area (Å²) in [4.78, 5) is 3.89. The van der Waals surface area contributed by atoms with Gasteiger partial charge in [-0.3, -0.25) is 0 Å². The lowest BCUT2D eigenvalue weighted by Gasteiger charge is -2.32. The van der Waals surface area contributed by atoms with Gasteiger partial charge in [0, 0.05) is 5.69 Å². The van der Waals surface area contributed by atoms with E-state index in [-0.39, 0.29) is 0 Å². The molecule has 1 aromatic heterocycles. The quantitative estimate of drug-likeness (QED) is 0.621. The van der Waals surface area contributed by atoms with Gasteiger partial charge < -0.3 is 9.31 Å². The number of nitrogens with zero attached hydrogens (tertiary/aromatic N) is 1. The van der Waals surface area contributed by atoms with Crippen LogP contribution < -0.4 is 5.46 Å². The van der Waals surface area contributed by atoms with Crippen molar-refractivity contribution in [3.8, 4) is 0 Å². The number of rotatable bonds is 3. The van der Waals surface area contributed by atoms with Crippen molar-refractivity contribution in [1.82, 2.24) is 4.98 Å². The number of aromatic nitrogens is 1. The van der Waals surface area contributed by atoms with Crippen LogP contribution in [0.2, 0.25) is 0 Å². The Bertz CT molecular complexity index is 461. The molecule has 0 radical (unpaired) electrons. The molecule has 1 aromatic rings.